The standard InChI is InChI=1S/C11H25NO3S/c1-6-9(2)11(4,13)8-12-10(3)7-16(5,14)15/h9-10,12-13H,6-8H2,1-5H3. The second-order valence-electron chi connectivity index (χ2n) is 5.04. The van der Waals surface area contributed by atoms with Gasteiger partial charge in [-0.3, -0.25) is 0 Å². The average Bonchev–Trinajstić information content (AvgIpc) is 2.11. The zero-order valence-corrected chi connectivity index (χ0v) is 11.8. The molecule has 98 valence electrons. The monoisotopic (exact) mass is 251 g/mol. The van der Waals surface area contributed by atoms with Gasteiger partial charge in [-0.25, -0.2) is 8.42 Å². The Kier molecular flexibility index (Phi) is 5.93. The van der Waals surface area contributed by atoms with E-state index in [1.165, 1.54) is 6.26 Å². The third-order valence-electron chi connectivity index (χ3n) is 3.04. The van der Waals surface area contributed by atoms with Crippen LogP contribution in [0.1, 0.15) is 34.1 Å². The van der Waals surface area contributed by atoms with Gasteiger partial charge in [0.05, 0.1) is 11.4 Å². The zero-order valence-electron chi connectivity index (χ0n) is 10.9. The van der Waals surface area contributed by atoms with Gasteiger partial charge in [-0.1, -0.05) is 20.3 Å². The SMILES string of the molecule is CCC(C)C(C)(O)CNC(C)CS(C)(=O)=O. The predicted octanol–water partition coefficient (Wildman–Crippen LogP) is 0.806. The van der Waals surface area contributed by atoms with E-state index in [0.717, 1.165) is 6.42 Å². The van der Waals surface area contributed by atoms with Crippen LogP contribution in [0.2, 0.25) is 0 Å². The van der Waals surface area contributed by atoms with Gasteiger partial charge < -0.3 is 10.4 Å². The Morgan fingerprint density at radius 3 is 2.25 bits per heavy atom. The normalized spacial score (nSPS) is 20.1. The molecule has 0 aromatic carbocycles. The Morgan fingerprint density at radius 2 is 1.88 bits per heavy atom. The lowest BCUT2D eigenvalue weighted by Crippen LogP contribution is -2.47. The quantitative estimate of drug-likeness (QED) is 0.702. The second kappa shape index (κ2) is 5.98. The first kappa shape index (κ1) is 15.9. The highest BCUT2D eigenvalue weighted by molar-refractivity contribution is 7.90. The first-order valence-corrected chi connectivity index (χ1v) is 7.78. The van der Waals surface area contributed by atoms with Gasteiger partial charge in [-0.05, 0) is 19.8 Å². The molecule has 16 heavy (non-hydrogen) atoms. The van der Waals surface area contributed by atoms with Gasteiger partial charge >= 0.3 is 0 Å². The molecule has 0 amide bonds. The van der Waals surface area contributed by atoms with Gasteiger partial charge in [0.1, 0.15) is 9.84 Å². The van der Waals surface area contributed by atoms with Crippen LogP contribution in [0.15, 0.2) is 0 Å². The Bertz CT molecular complexity index is 298. The van der Waals surface area contributed by atoms with Crippen molar-refractivity contribution < 1.29 is 13.5 Å². The van der Waals surface area contributed by atoms with Crippen molar-refractivity contribution in [3.05, 3.63) is 0 Å². The van der Waals surface area contributed by atoms with E-state index in [1.807, 2.05) is 20.8 Å². The number of sulfone groups is 1. The molecule has 0 aromatic heterocycles. The van der Waals surface area contributed by atoms with Gasteiger partial charge in [-0.15, -0.1) is 0 Å². The fourth-order valence-electron chi connectivity index (χ4n) is 1.51. The minimum Gasteiger partial charge on any atom is -0.389 e. The smallest absolute Gasteiger partial charge is 0.148 e. The van der Waals surface area contributed by atoms with Crippen LogP contribution in [0.3, 0.4) is 0 Å². The lowest BCUT2D eigenvalue weighted by molar-refractivity contribution is 0.00416. The molecule has 0 radical (unpaired) electrons. The van der Waals surface area contributed by atoms with Crippen molar-refractivity contribution >= 4 is 9.84 Å². The van der Waals surface area contributed by atoms with Gasteiger partial charge in [0, 0.05) is 18.8 Å². The number of hydrogen-bond donors (Lipinski definition) is 2. The molecule has 0 aromatic rings. The fraction of sp³-hybridized carbons (Fsp3) is 1.00. The molecule has 3 atom stereocenters. The van der Waals surface area contributed by atoms with E-state index in [-0.39, 0.29) is 17.7 Å². The minimum absolute atomic E-state index is 0.101. The van der Waals surface area contributed by atoms with Crippen LogP contribution in [0.4, 0.5) is 0 Å². The Labute approximate surface area is 99.4 Å². The fourth-order valence-corrected chi connectivity index (χ4v) is 2.53. The van der Waals surface area contributed by atoms with Crippen LogP contribution in [-0.2, 0) is 9.84 Å². The van der Waals surface area contributed by atoms with Crippen LogP contribution in [0.25, 0.3) is 0 Å². The molecule has 2 N–H and O–H groups in total. The summed E-state index contributed by atoms with van der Waals surface area (Å²) in [4.78, 5) is 0. The lowest BCUT2D eigenvalue weighted by Gasteiger charge is -2.31. The molecule has 0 bridgehead atoms. The molecule has 4 nitrogen and oxygen atoms in total. The number of nitrogens with one attached hydrogen (secondary N) is 1. The number of rotatable bonds is 7. The maximum absolute atomic E-state index is 11.1. The van der Waals surface area contributed by atoms with Crippen molar-refractivity contribution in [3.8, 4) is 0 Å². The van der Waals surface area contributed by atoms with Crippen molar-refractivity contribution in [1.82, 2.24) is 5.32 Å². The maximum Gasteiger partial charge on any atom is 0.148 e. The molecule has 0 spiro atoms. The first-order chi connectivity index (χ1) is 7.08. The van der Waals surface area contributed by atoms with Crippen LogP contribution < -0.4 is 5.32 Å². The summed E-state index contributed by atoms with van der Waals surface area (Å²) in [5.41, 5.74) is -0.791. The highest BCUT2D eigenvalue weighted by atomic mass is 32.2. The summed E-state index contributed by atoms with van der Waals surface area (Å²) in [5.74, 6) is 0.286. The molecule has 3 unspecified atom stereocenters. The van der Waals surface area contributed by atoms with Gasteiger partial charge in [0.2, 0.25) is 0 Å². The summed E-state index contributed by atoms with van der Waals surface area (Å²) < 4.78 is 22.1. The van der Waals surface area contributed by atoms with Crippen molar-refractivity contribution in [2.75, 3.05) is 18.6 Å². The van der Waals surface area contributed by atoms with E-state index in [4.69, 9.17) is 0 Å². The lowest BCUT2D eigenvalue weighted by atomic mass is 9.88. The highest BCUT2D eigenvalue weighted by Gasteiger charge is 2.27. The summed E-state index contributed by atoms with van der Waals surface area (Å²) in [6, 6.07) is -0.134. The van der Waals surface area contributed by atoms with Crippen molar-refractivity contribution in [2.24, 2.45) is 5.92 Å². The largest absolute Gasteiger partial charge is 0.389 e. The molecule has 0 saturated heterocycles. The Morgan fingerprint density at radius 1 is 1.38 bits per heavy atom. The summed E-state index contributed by atoms with van der Waals surface area (Å²) in [6.07, 6.45) is 2.12. The van der Waals surface area contributed by atoms with Gasteiger partial charge in [-0.2, -0.15) is 0 Å². The number of aliphatic hydroxyl groups is 1. The minimum atomic E-state index is -2.96. The Balaban J connectivity index is 4.14. The molecule has 0 aliphatic heterocycles. The first-order valence-electron chi connectivity index (χ1n) is 5.72. The summed E-state index contributed by atoms with van der Waals surface area (Å²) in [5, 5.41) is 13.2. The molecule has 0 aliphatic carbocycles. The second-order valence-corrected chi connectivity index (χ2v) is 7.23. The number of hydrogen-bond acceptors (Lipinski definition) is 4. The third kappa shape index (κ3) is 6.45. The molecule has 0 fully saturated rings. The van der Waals surface area contributed by atoms with Crippen molar-refractivity contribution in [3.63, 3.8) is 0 Å². The topological polar surface area (TPSA) is 66.4 Å². The molecular formula is C11H25NO3S. The van der Waals surface area contributed by atoms with Crippen LogP contribution in [0.5, 0.6) is 0 Å². The van der Waals surface area contributed by atoms with Crippen molar-refractivity contribution in [1.29, 1.82) is 0 Å². The molecule has 0 heterocycles. The van der Waals surface area contributed by atoms with E-state index < -0.39 is 15.4 Å². The summed E-state index contributed by atoms with van der Waals surface area (Å²) in [6.45, 7) is 8.02. The molecule has 0 rings (SSSR count). The van der Waals surface area contributed by atoms with E-state index in [0.29, 0.717) is 6.54 Å². The van der Waals surface area contributed by atoms with E-state index in [1.54, 1.807) is 6.92 Å². The molecular weight excluding hydrogens is 226 g/mol. The van der Waals surface area contributed by atoms with Crippen LogP contribution in [-0.4, -0.2) is 43.7 Å². The molecule has 5 heteroatoms. The van der Waals surface area contributed by atoms with Crippen LogP contribution >= 0.6 is 0 Å². The zero-order chi connectivity index (χ0) is 13.0. The maximum atomic E-state index is 11.1. The van der Waals surface area contributed by atoms with E-state index in [9.17, 15) is 13.5 Å². The third-order valence-corrected chi connectivity index (χ3v) is 4.14. The van der Waals surface area contributed by atoms with E-state index >= 15 is 0 Å². The molecule has 0 aliphatic rings. The van der Waals surface area contributed by atoms with Crippen LogP contribution in [0, 0.1) is 5.92 Å². The summed E-state index contributed by atoms with van der Waals surface area (Å²) >= 11 is 0. The van der Waals surface area contributed by atoms with E-state index in [2.05, 4.69) is 5.32 Å². The molecule has 0 saturated carbocycles. The highest BCUT2D eigenvalue weighted by Crippen LogP contribution is 2.18. The average molecular weight is 251 g/mol. The Hall–Kier alpha value is -0.130. The summed E-state index contributed by atoms with van der Waals surface area (Å²) in [7, 11) is -2.96. The van der Waals surface area contributed by atoms with Gasteiger partial charge in [0.15, 0.2) is 0 Å². The predicted molar refractivity (Wildman–Crippen MR) is 67.3 cm³/mol. The van der Waals surface area contributed by atoms with Gasteiger partial charge in [0.25, 0.3) is 0 Å². The van der Waals surface area contributed by atoms with Crippen molar-refractivity contribution in [2.45, 2.75) is 45.8 Å².